The summed E-state index contributed by atoms with van der Waals surface area (Å²) < 4.78 is 5.10. The van der Waals surface area contributed by atoms with Crippen molar-refractivity contribution in [1.29, 1.82) is 0 Å². The highest BCUT2D eigenvalue weighted by atomic mass is 35.5. The molecule has 0 fully saturated rings. The van der Waals surface area contributed by atoms with E-state index in [9.17, 15) is 4.79 Å². The zero-order valence-corrected chi connectivity index (χ0v) is 14.0. The summed E-state index contributed by atoms with van der Waals surface area (Å²) in [6, 6.07) is 7.27. The number of hydrogen-bond donors (Lipinski definition) is 1. The van der Waals surface area contributed by atoms with Crippen LogP contribution in [0.1, 0.15) is 19.4 Å². The second-order valence-corrected chi connectivity index (χ2v) is 5.72. The topological polar surface area (TPSA) is 64.7 Å². The summed E-state index contributed by atoms with van der Waals surface area (Å²) in [5, 5.41) is 0.641. The normalized spacial score (nSPS) is 17.9. The van der Waals surface area contributed by atoms with Crippen molar-refractivity contribution in [1.82, 2.24) is 0 Å². The van der Waals surface area contributed by atoms with Crippen molar-refractivity contribution in [3.63, 3.8) is 0 Å². The first-order chi connectivity index (χ1) is 9.52. The lowest BCUT2D eigenvalue weighted by molar-refractivity contribution is -0.137. The van der Waals surface area contributed by atoms with Crippen LogP contribution < -0.4 is 5.73 Å². The van der Waals surface area contributed by atoms with Crippen LogP contribution in [-0.2, 0) is 9.53 Å². The van der Waals surface area contributed by atoms with E-state index in [1.165, 1.54) is 11.8 Å². The van der Waals surface area contributed by atoms with E-state index in [-0.39, 0.29) is 18.4 Å². The summed E-state index contributed by atoms with van der Waals surface area (Å²) in [6.45, 7) is 3.86. The summed E-state index contributed by atoms with van der Waals surface area (Å²) >= 11 is 7.23. The molecule has 0 aliphatic carbocycles. The van der Waals surface area contributed by atoms with Crippen molar-refractivity contribution in [2.24, 2.45) is 10.7 Å². The number of carbonyl (C=O) groups excluding carboxylic acids is 1. The van der Waals surface area contributed by atoms with Gasteiger partial charge >= 0.3 is 5.97 Å². The zero-order valence-electron chi connectivity index (χ0n) is 11.6. The number of carbonyl (C=O) groups is 1. The second-order valence-electron chi connectivity index (χ2n) is 4.15. The summed E-state index contributed by atoms with van der Waals surface area (Å²) in [5.41, 5.74) is 7.42. The Morgan fingerprint density at radius 2 is 2.05 bits per heavy atom. The Hall–Kier alpha value is -1.01. The molecule has 0 bridgehead atoms. The number of nitrogens with zero attached hydrogens (tertiary/aromatic N) is 1. The molecule has 1 aliphatic heterocycles. The van der Waals surface area contributed by atoms with Crippen molar-refractivity contribution in [2.45, 2.75) is 19.3 Å². The van der Waals surface area contributed by atoms with Crippen molar-refractivity contribution < 1.29 is 9.53 Å². The molecule has 0 saturated carbocycles. The number of esters is 1. The number of rotatable bonds is 3. The molecule has 114 valence electrons. The van der Waals surface area contributed by atoms with Gasteiger partial charge in [-0.1, -0.05) is 35.5 Å². The fourth-order valence-corrected chi connectivity index (χ4v) is 3.08. The molecule has 1 aliphatic rings. The highest BCUT2D eigenvalue weighted by Gasteiger charge is 2.27. The van der Waals surface area contributed by atoms with E-state index in [0.717, 1.165) is 10.5 Å². The number of hydrogen-bond acceptors (Lipinski definition) is 5. The first-order valence-electron chi connectivity index (χ1n) is 6.17. The first-order valence-corrected chi connectivity index (χ1v) is 7.43. The lowest BCUT2D eigenvalue weighted by atomic mass is 10.1. The van der Waals surface area contributed by atoms with Gasteiger partial charge in [-0.15, -0.1) is 12.4 Å². The molecule has 1 atom stereocenters. The molecule has 2 N–H and O–H groups in total. The van der Waals surface area contributed by atoms with Crippen LogP contribution >= 0.6 is 35.8 Å². The Bertz CT molecular complexity index is 585. The molecule has 0 radical (unpaired) electrons. The maximum atomic E-state index is 12.1. The van der Waals surface area contributed by atoms with Crippen LogP contribution in [0.2, 0.25) is 5.02 Å². The van der Waals surface area contributed by atoms with Gasteiger partial charge in [0.25, 0.3) is 0 Å². The quantitative estimate of drug-likeness (QED) is 0.850. The number of aliphatic imine (C=N–C) groups is 1. The molecular weight excluding hydrogens is 331 g/mol. The van der Waals surface area contributed by atoms with Gasteiger partial charge in [0.15, 0.2) is 0 Å². The predicted molar refractivity (Wildman–Crippen MR) is 90.9 cm³/mol. The van der Waals surface area contributed by atoms with E-state index in [0.29, 0.717) is 22.9 Å². The minimum Gasteiger partial charge on any atom is -0.462 e. The largest absolute Gasteiger partial charge is 0.462 e. The molecule has 0 saturated heterocycles. The smallest absolute Gasteiger partial charge is 0.341 e. The molecule has 1 aromatic carbocycles. The van der Waals surface area contributed by atoms with Gasteiger partial charge in [-0.3, -0.25) is 4.99 Å². The summed E-state index contributed by atoms with van der Waals surface area (Å²) in [4.78, 5) is 17.1. The minimum absolute atomic E-state index is 0. The van der Waals surface area contributed by atoms with Gasteiger partial charge in [-0.05, 0) is 31.5 Å². The number of thioether (sulfide) groups is 1. The summed E-state index contributed by atoms with van der Waals surface area (Å²) in [5.74, 6) is -0.377. The molecule has 0 aromatic heterocycles. The summed E-state index contributed by atoms with van der Waals surface area (Å²) in [6.07, 6.45) is 0. The van der Waals surface area contributed by atoms with Gasteiger partial charge in [-0.2, -0.15) is 0 Å². The molecular formula is C14H16Cl2N2O2S. The molecule has 0 spiro atoms. The SMILES string of the molecule is CCOC(=O)C1=C(c2ccc(Cl)cc2)SC(N)N=C1C.Cl. The van der Waals surface area contributed by atoms with Gasteiger partial charge in [0.2, 0.25) is 0 Å². The summed E-state index contributed by atoms with van der Waals surface area (Å²) in [7, 11) is 0. The third-order valence-electron chi connectivity index (χ3n) is 2.73. The number of benzene rings is 1. The van der Waals surface area contributed by atoms with Crippen LogP contribution in [0.4, 0.5) is 0 Å². The number of halogens is 2. The van der Waals surface area contributed by atoms with Gasteiger partial charge in [0, 0.05) is 9.93 Å². The Balaban J connectivity index is 0.00000220. The molecule has 4 nitrogen and oxygen atoms in total. The second kappa shape index (κ2) is 7.84. The average Bonchev–Trinajstić information content (AvgIpc) is 2.38. The molecule has 1 heterocycles. The fourth-order valence-electron chi connectivity index (χ4n) is 1.88. The van der Waals surface area contributed by atoms with E-state index >= 15 is 0 Å². The monoisotopic (exact) mass is 346 g/mol. The Kier molecular flexibility index (Phi) is 6.74. The number of ether oxygens (including phenoxy) is 1. The van der Waals surface area contributed by atoms with Crippen LogP contribution in [0.5, 0.6) is 0 Å². The fraction of sp³-hybridized carbons (Fsp3) is 0.286. The Labute approximate surface area is 139 Å². The third-order valence-corrected chi connectivity index (χ3v) is 4.01. The maximum Gasteiger partial charge on any atom is 0.341 e. The third kappa shape index (κ3) is 4.23. The van der Waals surface area contributed by atoms with Crippen molar-refractivity contribution in [3.8, 4) is 0 Å². The Morgan fingerprint density at radius 1 is 1.43 bits per heavy atom. The standard InChI is InChI=1S/C14H15ClN2O2S.ClH/c1-3-19-13(18)11-8(2)17-14(16)20-12(11)9-4-6-10(15)7-5-9;/h4-7,14H,3,16H2,1-2H3;1H. The predicted octanol–water partition coefficient (Wildman–Crippen LogP) is 3.49. The van der Waals surface area contributed by atoms with Gasteiger partial charge in [0.05, 0.1) is 17.9 Å². The van der Waals surface area contributed by atoms with E-state index in [2.05, 4.69) is 4.99 Å². The highest BCUT2D eigenvalue weighted by Crippen LogP contribution is 2.37. The molecule has 7 heteroatoms. The maximum absolute atomic E-state index is 12.1. The van der Waals surface area contributed by atoms with E-state index in [1.807, 2.05) is 12.1 Å². The van der Waals surface area contributed by atoms with Crippen LogP contribution in [0, 0.1) is 0 Å². The molecule has 1 aromatic rings. The van der Waals surface area contributed by atoms with Crippen molar-refractivity contribution in [3.05, 3.63) is 40.4 Å². The van der Waals surface area contributed by atoms with Crippen LogP contribution in [0.15, 0.2) is 34.8 Å². The van der Waals surface area contributed by atoms with Crippen molar-refractivity contribution >= 4 is 52.4 Å². The molecule has 21 heavy (non-hydrogen) atoms. The van der Waals surface area contributed by atoms with Crippen molar-refractivity contribution in [2.75, 3.05) is 6.61 Å². The first kappa shape index (κ1) is 18.0. The minimum atomic E-state index is -0.418. The lowest BCUT2D eigenvalue weighted by Gasteiger charge is -2.21. The average molecular weight is 347 g/mol. The van der Waals surface area contributed by atoms with Gasteiger partial charge in [-0.25, -0.2) is 4.79 Å². The zero-order chi connectivity index (χ0) is 14.7. The lowest BCUT2D eigenvalue weighted by Crippen LogP contribution is -2.24. The van der Waals surface area contributed by atoms with Crippen LogP contribution in [-0.4, -0.2) is 23.8 Å². The molecule has 0 amide bonds. The van der Waals surface area contributed by atoms with Gasteiger partial charge in [0.1, 0.15) is 5.50 Å². The highest BCUT2D eigenvalue weighted by molar-refractivity contribution is 8.09. The van der Waals surface area contributed by atoms with E-state index in [4.69, 9.17) is 22.1 Å². The molecule has 1 unspecified atom stereocenters. The van der Waals surface area contributed by atoms with E-state index < -0.39 is 5.50 Å². The van der Waals surface area contributed by atoms with Crippen LogP contribution in [0.3, 0.4) is 0 Å². The van der Waals surface area contributed by atoms with E-state index in [1.54, 1.807) is 26.0 Å². The Morgan fingerprint density at radius 3 is 2.62 bits per heavy atom. The van der Waals surface area contributed by atoms with Crippen LogP contribution in [0.25, 0.3) is 4.91 Å². The number of nitrogens with two attached hydrogens (primary N) is 1. The van der Waals surface area contributed by atoms with Gasteiger partial charge < -0.3 is 10.5 Å². The molecule has 2 rings (SSSR count).